The standard InChI is InChI=1S/C10H13BrOS3/c11-7-3-8(15-5-7)4-9(12)10-6-13-1-2-14-10/h3,5,9-10,12H,1-2,4,6H2. The van der Waals surface area contributed by atoms with Crippen LogP contribution in [-0.2, 0) is 6.42 Å². The first-order valence-electron chi connectivity index (χ1n) is 4.86. The van der Waals surface area contributed by atoms with Crippen LogP contribution in [0.2, 0.25) is 0 Å². The van der Waals surface area contributed by atoms with Gasteiger partial charge < -0.3 is 5.11 Å². The smallest absolute Gasteiger partial charge is 0.0714 e. The molecule has 1 aromatic rings. The molecule has 1 aliphatic rings. The zero-order valence-corrected chi connectivity index (χ0v) is 12.2. The first kappa shape index (κ1) is 12.3. The van der Waals surface area contributed by atoms with Crippen LogP contribution in [-0.4, -0.2) is 33.7 Å². The fourth-order valence-corrected chi connectivity index (χ4v) is 5.80. The van der Waals surface area contributed by atoms with Crippen molar-refractivity contribution in [1.29, 1.82) is 0 Å². The van der Waals surface area contributed by atoms with E-state index >= 15 is 0 Å². The Labute approximate surface area is 111 Å². The summed E-state index contributed by atoms with van der Waals surface area (Å²) in [5.41, 5.74) is 0. The van der Waals surface area contributed by atoms with Crippen molar-refractivity contribution < 1.29 is 5.11 Å². The van der Waals surface area contributed by atoms with E-state index in [1.807, 2.05) is 23.5 Å². The van der Waals surface area contributed by atoms with E-state index in [0.717, 1.165) is 16.6 Å². The molecule has 2 unspecified atom stereocenters. The molecule has 2 heterocycles. The van der Waals surface area contributed by atoms with Crippen molar-refractivity contribution in [3.05, 3.63) is 20.8 Å². The summed E-state index contributed by atoms with van der Waals surface area (Å²) in [4.78, 5) is 1.27. The van der Waals surface area contributed by atoms with Crippen molar-refractivity contribution >= 4 is 50.8 Å². The summed E-state index contributed by atoms with van der Waals surface area (Å²) < 4.78 is 1.13. The molecule has 15 heavy (non-hydrogen) atoms. The van der Waals surface area contributed by atoms with E-state index < -0.39 is 0 Å². The lowest BCUT2D eigenvalue weighted by molar-refractivity contribution is 0.178. The van der Waals surface area contributed by atoms with Crippen LogP contribution in [0.1, 0.15) is 4.88 Å². The van der Waals surface area contributed by atoms with Crippen LogP contribution in [0.15, 0.2) is 15.9 Å². The van der Waals surface area contributed by atoms with Gasteiger partial charge >= 0.3 is 0 Å². The number of aliphatic hydroxyl groups excluding tert-OH is 1. The molecule has 1 fully saturated rings. The first-order chi connectivity index (χ1) is 7.25. The van der Waals surface area contributed by atoms with E-state index in [4.69, 9.17) is 0 Å². The number of thiophene rings is 1. The highest BCUT2D eigenvalue weighted by Gasteiger charge is 2.23. The molecule has 0 saturated carbocycles. The van der Waals surface area contributed by atoms with Crippen LogP contribution in [0.5, 0.6) is 0 Å². The molecular weight excluding hydrogens is 312 g/mol. The zero-order chi connectivity index (χ0) is 10.7. The summed E-state index contributed by atoms with van der Waals surface area (Å²) >= 11 is 9.04. The fourth-order valence-electron chi connectivity index (χ4n) is 1.53. The summed E-state index contributed by atoms with van der Waals surface area (Å²) in [6, 6.07) is 2.11. The topological polar surface area (TPSA) is 20.2 Å². The molecule has 0 aromatic carbocycles. The molecule has 0 bridgehead atoms. The highest BCUT2D eigenvalue weighted by atomic mass is 79.9. The van der Waals surface area contributed by atoms with E-state index in [-0.39, 0.29) is 6.10 Å². The van der Waals surface area contributed by atoms with Gasteiger partial charge in [-0.1, -0.05) is 0 Å². The lowest BCUT2D eigenvalue weighted by Gasteiger charge is -2.25. The van der Waals surface area contributed by atoms with Gasteiger partial charge in [0.15, 0.2) is 0 Å². The quantitative estimate of drug-likeness (QED) is 0.921. The van der Waals surface area contributed by atoms with E-state index in [9.17, 15) is 5.11 Å². The van der Waals surface area contributed by atoms with Crippen LogP contribution in [0.25, 0.3) is 0 Å². The lowest BCUT2D eigenvalue weighted by Crippen LogP contribution is -2.30. The van der Waals surface area contributed by atoms with Gasteiger partial charge in [0, 0.05) is 43.7 Å². The largest absolute Gasteiger partial charge is 0.392 e. The molecule has 1 N–H and O–H groups in total. The van der Waals surface area contributed by atoms with Gasteiger partial charge in [0.1, 0.15) is 0 Å². The molecule has 5 heteroatoms. The highest BCUT2D eigenvalue weighted by molar-refractivity contribution is 9.10. The average molecular weight is 325 g/mol. The molecule has 1 nitrogen and oxygen atoms in total. The molecule has 2 atom stereocenters. The summed E-state index contributed by atoms with van der Waals surface area (Å²) in [6.07, 6.45) is 0.613. The molecule has 0 spiro atoms. The monoisotopic (exact) mass is 324 g/mol. The fraction of sp³-hybridized carbons (Fsp3) is 0.600. The van der Waals surface area contributed by atoms with Gasteiger partial charge in [-0.05, 0) is 22.0 Å². The Morgan fingerprint density at radius 2 is 2.40 bits per heavy atom. The second-order valence-electron chi connectivity index (χ2n) is 3.49. The van der Waals surface area contributed by atoms with Crippen molar-refractivity contribution in [1.82, 2.24) is 0 Å². The third kappa shape index (κ3) is 3.66. The number of hydrogen-bond acceptors (Lipinski definition) is 4. The van der Waals surface area contributed by atoms with Gasteiger partial charge in [0.2, 0.25) is 0 Å². The zero-order valence-electron chi connectivity index (χ0n) is 8.19. The third-order valence-corrected chi connectivity index (χ3v) is 6.93. The van der Waals surface area contributed by atoms with Crippen LogP contribution >= 0.6 is 50.8 Å². The maximum Gasteiger partial charge on any atom is 0.0714 e. The third-order valence-electron chi connectivity index (χ3n) is 2.30. The van der Waals surface area contributed by atoms with Crippen LogP contribution < -0.4 is 0 Å². The van der Waals surface area contributed by atoms with Crippen molar-refractivity contribution in [2.24, 2.45) is 0 Å². The molecule has 0 amide bonds. The molecule has 0 aliphatic carbocycles. The number of halogens is 1. The average Bonchev–Trinajstić information content (AvgIpc) is 2.65. The van der Waals surface area contributed by atoms with E-state index in [0.29, 0.717) is 5.25 Å². The van der Waals surface area contributed by atoms with Crippen LogP contribution in [0.3, 0.4) is 0 Å². The molecule has 1 aliphatic heterocycles. The maximum absolute atomic E-state index is 10.1. The van der Waals surface area contributed by atoms with Gasteiger partial charge in [-0.25, -0.2) is 0 Å². The predicted octanol–water partition coefficient (Wildman–Crippen LogP) is 3.26. The summed E-state index contributed by atoms with van der Waals surface area (Å²) in [7, 11) is 0. The van der Waals surface area contributed by atoms with Crippen molar-refractivity contribution in [2.45, 2.75) is 17.8 Å². The minimum Gasteiger partial charge on any atom is -0.392 e. The number of hydrogen-bond donors (Lipinski definition) is 1. The Kier molecular flexibility index (Phi) is 4.89. The number of rotatable bonds is 3. The normalized spacial score (nSPS) is 24.0. The van der Waals surface area contributed by atoms with Crippen molar-refractivity contribution in [3.63, 3.8) is 0 Å². The van der Waals surface area contributed by atoms with Gasteiger partial charge in [-0.2, -0.15) is 23.5 Å². The van der Waals surface area contributed by atoms with E-state index in [2.05, 4.69) is 27.4 Å². The van der Waals surface area contributed by atoms with E-state index in [1.54, 1.807) is 11.3 Å². The summed E-state index contributed by atoms with van der Waals surface area (Å²) in [5, 5.41) is 12.6. The number of aliphatic hydroxyl groups is 1. The van der Waals surface area contributed by atoms with Gasteiger partial charge in [0.05, 0.1) is 6.10 Å². The van der Waals surface area contributed by atoms with E-state index in [1.165, 1.54) is 16.4 Å². The molecule has 0 radical (unpaired) electrons. The Hall–Kier alpha value is 0.840. The van der Waals surface area contributed by atoms with Crippen molar-refractivity contribution in [2.75, 3.05) is 17.3 Å². The second kappa shape index (κ2) is 5.96. The Morgan fingerprint density at radius 1 is 1.53 bits per heavy atom. The van der Waals surface area contributed by atoms with Crippen molar-refractivity contribution in [3.8, 4) is 0 Å². The SMILES string of the molecule is OC(Cc1cc(Br)cs1)C1CSCCS1. The second-order valence-corrected chi connectivity index (χ2v) is 7.90. The van der Waals surface area contributed by atoms with Gasteiger partial charge in [0.25, 0.3) is 0 Å². The molecular formula is C10H13BrOS3. The maximum atomic E-state index is 10.1. The summed E-state index contributed by atoms with van der Waals surface area (Å²) in [5.74, 6) is 3.51. The summed E-state index contributed by atoms with van der Waals surface area (Å²) in [6.45, 7) is 0. The van der Waals surface area contributed by atoms with Crippen LogP contribution in [0.4, 0.5) is 0 Å². The molecule has 1 aromatic heterocycles. The first-order valence-corrected chi connectivity index (χ1v) is 8.73. The predicted molar refractivity (Wildman–Crippen MR) is 75.3 cm³/mol. The van der Waals surface area contributed by atoms with Gasteiger partial charge in [-0.15, -0.1) is 11.3 Å². The highest BCUT2D eigenvalue weighted by Crippen LogP contribution is 2.29. The Balaban J connectivity index is 1.88. The minimum atomic E-state index is -0.187. The molecule has 84 valence electrons. The number of thioether (sulfide) groups is 2. The Morgan fingerprint density at radius 3 is 3.00 bits per heavy atom. The molecule has 2 rings (SSSR count). The lowest BCUT2D eigenvalue weighted by atomic mass is 10.2. The minimum absolute atomic E-state index is 0.187. The Bertz CT molecular complexity index is 309. The molecule has 1 saturated heterocycles. The van der Waals surface area contributed by atoms with Gasteiger partial charge in [-0.3, -0.25) is 0 Å². The van der Waals surface area contributed by atoms with Crippen LogP contribution in [0, 0.1) is 0 Å².